The number of halogens is 2. The van der Waals surface area contributed by atoms with Gasteiger partial charge in [-0.25, -0.2) is 12.8 Å². The summed E-state index contributed by atoms with van der Waals surface area (Å²) in [5.41, 5.74) is 0.164. The van der Waals surface area contributed by atoms with Gasteiger partial charge in [0.15, 0.2) is 0 Å². The summed E-state index contributed by atoms with van der Waals surface area (Å²) in [6.45, 7) is 2.31. The van der Waals surface area contributed by atoms with Crippen LogP contribution in [-0.4, -0.2) is 43.5 Å². The number of hydrogen-bond donors (Lipinski definition) is 1. The Morgan fingerprint density at radius 3 is 2.86 bits per heavy atom. The summed E-state index contributed by atoms with van der Waals surface area (Å²) < 4.78 is 38.5. The van der Waals surface area contributed by atoms with Gasteiger partial charge in [0.1, 0.15) is 5.82 Å². The van der Waals surface area contributed by atoms with Crippen LogP contribution in [0.4, 0.5) is 4.39 Å². The lowest BCUT2D eigenvalue weighted by Crippen LogP contribution is -2.49. The van der Waals surface area contributed by atoms with E-state index in [1.807, 2.05) is 0 Å². The van der Waals surface area contributed by atoms with Crippen molar-refractivity contribution in [2.75, 3.05) is 18.8 Å². The molecular formula is C14H18ClFN2O3S. The Bertz CT molecular complexity index is 666. The first-order valence-electron chi connectivity index (χ1n) is 7.07. The van der Waals surface area contributed by atoms with Gasteiger partial charge in [0.05, 0.1) is 10.8 Å². The Labute approximate surface area is 134 Å². The second kappa shape index (κ2) is 6.93. The molecule has 8 heteroatoms. The van der Waals surface area contributed by atoms with E-state index in [0.29, 0.717) is 19.4 Å². The minimum Gasteiger partial charge on any atom is -0.348 e. The zero-order chi connectivity index (χ0) is 16.3. The topological polar surface area (TPSA) is 66.5 Å². The van der Waals surface area contributed by atoms with E-state index in [0.717, 1.165) is 6.07 Å². The Morgan fingerprint density at radius 2 is 2.23 bits per heavy atom. The van der Waals surface area contributed by atoms with Crippen LogP contribution < -0.4 is 5.32 Å². The molecule has 1 atom stereocenters. The molecule has 1 amide bonds. The van der Waals surface area contributed by atoms with E-state index in [9.17, 15) is 17.6 Å². The summed E-state index contributed by atoms with van der Waals surface area (Å²) in [4.78, 5) is 12.1. The predicted molar refractivity (Wildman–Crippen MR) is 82.9 cm³/mol. The molecule has 0 saturated carbocycles. The van der Waals surface area contributed by atoms with Crippen molar-refractivity contribution in [3.8, 4) is 0 Å². The average Bonchev–Trinajstić information content (AvgIpc) is 2.50. The Hall–Kier alpha value is -1.18. The molecule has 1 aromatic carbocycles. The van der Waals surface area contributed by atoms with E-state index in [4.69, 9.17) is 11.6 Å². The zero-order valence-corrected chi connectivity index (χ0v) is 13.8. The van der Waals surface area contributed by atoms with Crippen molar-refractivity contribution in [3.05, 3.63) is 34.6 Å². The first-order valence-corrected chi connectivity index (χ1v) is 9.06. The maximum Gasteiger partial charge on any atom is 0.251 e. The molecule has 1 fully saturated rings. The molecule has 2 rings (SSSR count). The zero-order valence-electron chi connectivity index (χ0n) is 12.2. The van der Waals surface area contributed by atoms with Gasteiger partial charge in [-0.3, -0.25) is 4.79 Å². The first-order chi connectivity index (χ1) is 10.3. The maximum absolute atomic E-state index is 13.4. The van der Waals surface area contributed by atoms with Crippen LogP contribution >= 0.6 is 11.6 Å². The normalized spacial score (nSPS) is 19.9. The monoisotopic (exact) mass is 348 g/mol. The molecular weight excluding hydrogens is 331 g/mol. The van der Waals surface area contributed by atoms with E-state index < -0.39 is 21.7 Å². The van der Waals surface area contributed by atoms with Crippen molar-refractivity contribution < 1.29 is 17.6 Å². The summed E-state index contributed by atoms with van der Waals surface area (Å²) in [6, 6.07) is 3.55. The number of carbonyl (C=O) groups excluding carboxylic acids is 1. The highest BCUT2D eigenvalue weighted by Gasteiger charge is 2.28. The molecule has 5 nitrogen and oxygen atoms in total. The first kappa shape index (κ1) is 17.2. The maximum atomic E-state index is 13.4. The summed E-state index contributed by atoms with van der Waals surface area (Å²) in [5.74, 6) is -1.06. The molecule has 122 valence electrons. The van der Waals surface area contributed by atoms with Gasteiger partial charge in [-0.15, -0.1) is 0 Å². The quantitative estimate of drug-likeness (QED) is 0.905. The van der Waals surface area contributed by atoms with Crippen molar-refractivity contribution in [2.45, 2.75) is 25.8 Å². The molecule has 1 aromatic rings. The second-order valence-corrected chi connectivity index (χ2v) is 7.86. The van der Waals surface area contributed by atoms with Crippen LogP contribution in [0.5, 0.6) is 0 Å². The van der Waals surface area contributed by atoms with E-state index in [1.165, 1.54) is 16.4 Å². The largest absolute Gasteiger partial charge is 0.348 e. The van der Waals surface area contributed by atoms with Crippen molar-refractivity contribution in [1.29, 1.82) is 0 Å². The van der Waals surface area contributed by atoms with Crippen LogP contribution in [0.2, 0.25) is 5.02 Å². The number of carbonyl (C=O) groups is 1. The Morgan fingerprint density at radius 1 is 1.50 bits per heavy atom. The molecule has 1 saturated heterocycles. The SMILES string of the molecule is CCS(=O)(=O)N1CCCC(NC(=O)c2ccc(Cl)c(F)c2)C1. The van der Waals surface area contributed by atoms with Gasteiger partial charge in [0.25, 0.3) is 5.91 Å². The van der Waals surface area contributed by atoms with Crippen LogP contribution in [0.15, 0.2) is 18.2 Å². The van der Waals surface area contributed by atoms with E-state index in [-0.39, 0.29) is 28.9 Å². The fourth-order valence-electron chi connectivity index (χ4n) is 2.40. The molecule has 0 spiro atoms. The molecule has 1 heterocycles. The molecule has 1 N–H and O–H groups in total. The molecule has 0 aromatic heterocycles. The number of rotatable bonds is 4. The van der Waals surface area contributed by atoms with E-state index in [1.54, 1.807) is 6.92 Å². The van der Waals surface area contributed by atoms with Gasteiger partial charge in [-0.2, -0.15) is 4.31 Å². The van der Waals surface area contributed by atoms with Gasteiger partial charge in [0.2, 0.25) is 10.0 Å². The van der Waals surface area contributed by atoms with Crippen molar-refractivity contribution >= 4 is 27.5 Å². The lowest BCUT2D eigenvalue weighted by molar-refractivity contribution is 0.0921. The predicted octanol–water partition coefficient (Wildman–Crippen LogP) is 2.02. The van der Waals surface area contributed by atoms with Gasteiger partial charge >= 0.3 is 0 Å². The van der Waals surface area contributed by atoms with Crippen molar-refractivity contribution in [1.82, 2.24) is 9.62 Å². The summed E-state index contributed by atoms with van der Waals surface area (Å²) >= 11 is 5.58. The minimum absolute atomic E-state index is 0.0378. The standard InChI is InChI=1S/C14H18ClFN2O3S/c1-2-22(20,21)18-7-3-4-11(9-18)17-14(19)10-5-6-12(15)13(16)8-10/h5-6,8,11H,2-4,7,9H2,1H3,(H,17,19). The molecule has 22 heavy (non-hydrogen) atoms. The molecule has 0 bridgehead atoms. The molecule has 0 radical (unpaired) electrons. The fraction of sp³-hybridized carbons (Fsp3) is 0.500. The van der Waals surface area contributed by atoms with E-state index in [2.05, 4.69) is 5.32 Å². The van der Waals surface area contributed by atoms with Gasteiger partial charge < -0.3 is 5.32 Å². The lowest BCUT2D eigenvalue weighted by Gasteiger charge is -2.32. The van der Waals surface area contributed by atoms with Gasteiger partial charge in [0, 0.05) is 24.7 Å². The molecule has 1 aliphatic heterocycles. The third-order valence-electron chi connectivity index (χ3n) is 3.66. The van der Waals surface area contributed by atoms with Crippen LogP contribution in [0.3, 0.4) is 0 Å². The molecule has 1 unspecified atom stereocenters. The highest BCUT2D eigenvalue weighted by molar-refractivity contribution is 7.89. The van der Waals surface area contributed by atoms with Gasteiger partial charge in [-0.05, 0) is 38.0 Å². The number of sulfonamides is 1. The van der Waals surface area contributed by atoms with Crippen molar-refractivity contribution in [3.63, 3.8) is 0 Å². The van der Waals surface area contributed by atoms with Crippen LogP contribution in [0.1, 0.15) is 30.1 Å². The van der Waals surface area contributed by atoms with Crippen LogP contribution in [-0.2, 0) is 10.0 Å². The number of amides is 1. The summed E-state index contributed by atoms with van der Waals surface area (Å²) in [7, 11) is -3.26. The third kappa shape index (κ3) is 3.97. The molecule has 1 aliphatic rings. The average molecular weight is 349 g/mol. The smallest absolute Gasteiger partial charge is 0.251 e. The number of hydrogen-bond acceptors (Lipinski definition) is 3. The Balaban J connectivity index is 2.03. The fourth-order valence-corrected chi connectivity index (χ4v) is 3.70. The third-order valence-corrected chi connectivity index (χ3v) is 5.81. The summed E-state index contributed by atoms with van der Waals surface area (Å²) in [5, 5.41) is 2.71. The van der Waals surface area contributed by atoms with Crippen LogP contribution in [0, 0.1) is 5.82 Å². The number of benzene rings is 1. The second-order valence-electron chi connectivity index (χ2n) is 5.20. The number of nitrogens with zero attached hydrogens (tertiary/aromatic N) is 1. The van der Waals surface area contributed by atoms with Crippen LogP contribution in [0.25, 0.3) is 0 Å². The Kier molecular flexibility index (Phi) is 5.41. The highest BCUT2D eigenvalue weighted by atomic mass is 35.5. The number of piperidine rings is 1. The minimum atomic E-state index is -3.26. The van der Waals surface area contributed by atoms with Gasteiger partial charge in [-0.1, -0.05) is 11.6 Å². The summed E-state index contributed by atoms with van der Waals surface area (Å²) in [6.07, 6.45) is 1.37. The van der Waals surface area contributed by atoms with E-state index >= 15 is 0 Å². The number of nitrogens with one attached hydrogen (secondary N) is 1. The highest BCUT2D eigenvalue weighted by Crippen LogP contribution is 2.17. The van der Waals surface area contributed by atoms with Crippen molar-refractivity contribution in [2.24, 2.45) is 0 Å². The lowest BCUT2D eigenvalue weighted by atomic mass is 10.1. The molecule has 0 aliphatic carbocycles.